The predicted molar refractivity (Wildman–Crippen MR) is 177 cm³/mol. The Balaban J connectivity index is 1.30. The van der Waals surface area contributed by atoms with E-state index in [4.69, 9.17) is 4.42 Å². The van der Waals surface area contributed by atoms with Crippen molar-refractivity contribution in [2.24, 2.45) is 0 Å². The molecular formula is C35H24N4O4S2. The van der Waals surface area contributed by atoms with Gasteiger partial charge in [0.05, 0.1) is 16.6 Å². The molecule has 0 aliphatic carbocycles. The molecule has 2 aliphatic heterocycles. The van der Waals surface area contributed by atoms with Crippen LogP contribution in [0.2, 0.25) is 0 Å². The molecule has 0 radical (unpaired) electrons. The first-order valence-corrected chi connectivity index (χ1v) is 16.1. The molecule has 0 N–H and O–H groups in total. The highest BCUT2D eigenvalue weighted by molar-refractivity contribution is 8.00. The lowest BCUT2D eigenvalue weighted by atomic mass is 9.84. The number of benzene rings is 4. The van der Waals surface area contributed by atoms with Crippen LogP contribution in [0.1, 0.15) is 32.8 Å². The number of amides is 2. The Labute approximate surface area is 265 Å². The zero-order valence-electron chi connectivity index (χ0n) is 24.0. The van der Waals surface area contributed by atoms with E-state index in [0.717, 1.165) is 21.9 Å². The van der Waals surface area contributed by atoms with Crippen LogP contribution in [0, 0.1) is 6.92 Å². The van der Waals surface area contributed by atoms with Gasteiger partial charge in [-0.3, -0.25) is 19.3 Å². The third-order valence-corrected chi connectivity index (χ3v) is 10.5. The number of carbonyl (C=O) groups is 2. The van der Waals surface area contributed by atoms with Crippen LogP contribution in [0.4, 0.5) is 10.8 Å². The maximum atomic E-state index is 14.7. The molecule has 4 aromatic carbocycles. The van der Waals surface area contributed by atoms with Crippen molar-refractivity contribution in [2.45, 2.75) is 22.6 Å². The first-order chi connectivity index (χ1) is 21.9. The van der Waals surface area contributed by atoms with Gasteiger partial charge >= 0.3 is 0 Å². The van der Waals surface area contributed by atoms with Gasteiger partial charge in [-0.1, -0.05) is 101 Å². The summed E-state index contributed by atoms with van der Waals surface area (Å²) in [5, 5.41) is 11.7. The molecule has 220 valence electrons. The Bertz CT molecular complexity index is 2290. The van der Waals surface area contributed by atoms with Crippen LogP contribution < -0.4 is 15.2 Å². The number of aromatic nitrogens is 2. The standard InChI is InChI=1S/C35H24N4O4S2/c1-3-17-38-26-14-7-6-13-25(26)35(32(38)42)28-29(40)24-18-20(2)15-16-27(24)43-30(28)31(41)39(35)33-36-37-34(45-33)44-19-22-11-8-10-21-9-4-5-12-23(21)22/h3-16,18H,1,17,19H2,2H3. The van der Waals surface area contributed by atoms with E-state index in [1.807, 2.05) is 43.3 Å². The highest BCUT2D eigenvalue weighted by Crippen LogP contribution is 2.54. The van der Waals surface area contributed by atoms with E-state index in [1.165, 1.54) is 28.0 Å². The average Bonchev–Trinajstić information content (AvgIpc) is 3.69. The van der Waals surface area contributed by atoms with Gasteiger partial charge in [-0.05, 0) is 41.5 Å². The highest BCUT2D eigenvalue weighted by Gasteiger charge is 2.66. The molecule has 8 rings (SSSR count). The lowest BCUT2D eigenvalue weighted by molar-refractivity contribution is -0.121. The van der Waals surface area contributed by atoms with Gasteiger partial charge in [0, 0.05) is 17.9 Å². The maximum Gasteiger partial charge on any atom is 0.297 e. The first-order valence-electron chi connectivity index (χ1n) is 14.3. The summed E-state index contributed by atoms with van der Waals surface area (Å²) in [5.74, 6) is -0.597. The number of thioether (sulfide) groups is 1. The molecule has 6 aromatic rings. The van der Waals surface area contributed by atoms with Gasteiger partial charge < -0.3 is 9.32 Å². The fraction of sp³-hybridized carbons (Fsp3) is 0.114. The quantitative estimate of drug-likeness (QED) is 0.113. The van der Waals surface area contributed by atoms with Gasteiger partial charge in [-0.25, -0.2) is 0 Å². The first kappa shape index (κ1) is 27.5. The van der Waals surface area contributed by atoms with Gasteiger partial charge in [0.2, 0.25) is 10.9 Å². The van der Waals surface area contributed by atoms with E-state index in [2.05, 4.69) is 41.0 Å². The lowest BCUT2D eigenvalue weighted by Crippen LogP contribution is -2.53. The van der Waals surface area contributed by atoms with Crippen LogP contribution in [-0.2, 0) is 16.1 Å². The molecule has 2 aliphatic rings. The molecule has 2 aromatic heterocycles. The van der Waals surface area contributed by atoms with Gasteiger partial charge in [0.15, 0.2) is 15.3 Å². The number of rotatable bonds is 6. The Morgan fingerprint density at radius 2 is 1.76 bits per heavy atom. The molecule has 8 nitrogen and oxygen atoms in total. The molecule has 1 unspecified atom stereocenters. The third-order valence-electron chi connectivity index (χ3n) is 8.41. The molecule has 1 spiro atoms. The third kappa shape index (κ3) is 3.89. The van der Waals surface area contributed by atoms with Gasteiger partial charge in [0.25, 0.3) is 11.8 Å². The smallest absolute Gasteiger partial charge is 0.297 e. The van der Waals surface area contributed by atoms with Crippen LogP contribution >= 0.6 is 23.1 Å². The van der Waals surface area contributed by atoms with E-state index in [1.54, 1.807) is 35.2 Å². The van der Waals surface area contributed by atoms with E-state index in [0.29, 0.717) is 26.7 Å². The Morgan fingerprint density at radius 1 is 0.956 bits per heavy atom. The van der Waals surface area contributed by atoms with Crippen molar-refractivity contribution in [3.63, 3.8) is 0 Å². The SMILES string of the molecule is C=CCN1C(=O)C2(c3ccccc31)c1c(oc3ccc(C)cc3c1=O)C(=O)N2c1nnc(SCc2cccc3ccccc23)s1. The molecule has 45 heavy (non-hydrogen) atoms. The van der Waals surface area contributed by atoms with Crippen molar-refractivity contribution in [1.29, 1.82) is 0 Å². The molecule has 0 fully saturated rings. The molecule has 1 atom stereocenters. The van der Waals surface area contributed by atoms with Gasteiger partial charge in [-0.15, -0.1) is 16.8 Å². The normalized spacial score (nSPS) is 17.1. The molecule has 10 heteroatoms. The Hall–Kier alpha value is -5.06. The Kier molecular flexibility index (Phi) is 6.26. The van der Waals surface area contributed by atoms with Crippen molar-refractivity contribution >= 4 is 67.5 Å². The molecule has 0 saturated carbocycles. The number of fused-ring (bicyclic) bond motifs is 6. The minimum Gasteiger partial charge on any atom is -0.450 e. The molecule has 0 bridgehead atoms. The lowest BCUT2D eigenvalue weighted by Gasteiger charge is -2.31. The summed E-state index contributed by atoms with van der Waals surface area (Å²) in [4.78, 5) is 46.4. The second-order valence-electron chi connectivity index (χ2n) is 11.0. The number of hydrogen-bond acceptors (Lipinski definition) is 8. The second-order valence-corrected chi connectivity index (χ2v) is 13.2. The number of para-hydroxylation sites is 1. The number of hydrogen-bond donors (Lipinski definition) is 0. The monoisotopic (exact) mass is 628 g/mol. The van der Waals surface area contributed by atoms with Crippen LogP contribution in [-0.4, -0.2) is 28.6 Å². The van der Waals surface area contributed by atoms with Crippen LogP contribution in [0.3, 0.4) is 0 Å². The zero-order chi connectivity index (χ0) is 30.9. The molecule has 4 heterocycles. The van der Waals surface area contributed by atoms with Crippen LogP contribution in [0.15, 0.2) is 111 Å². The average molecular weight is 629 g/mol. The highest BCUT2D eigenvalue weighted by atomic mass is 32.2. The fourth-order valence-electron chi connectivity index (χ4n) is 6.50. The van der Waals surface area contributed by atoms with Gasteiger partial charge in [-0.2, -0.15) is 0 Å². The minimum absolute atomic E-state index is 0.00484. The topological polar surface area (TPSA) is 96.6 Å². The summed E-state index contributed by atoms with van der Waals surface area (Å²) in [5.41, 5.74) is 1.12. The summed E-state index contributed by atoms with van der Waals surface area (Å²) in [6.07, 6.45) is 1.62. The van der Waals surface area contributed by atoms with Crippen molar-refractivity contribution in [1.82, 2.24) is 10.2 Å². The van der Waals surface area contributed by atoms with Gasteiger partial charge in [0.1, 0.15) is 5.58 Å². The minimum atomic E-state index is -1.82. The van der Waals surface area contributed by atoms with Crippen molar-refractivity contribution in [3.8, 4) is 0 Å². The van der Waals surface area contributed by atoms with Crippen molar-refractivity contribution in [2.75, 3.05) is 16.3 Å². The molecule has 0 saturated heterocycles. The van der Waals surface area contributed by atoms with Crippen molar-refractivity contribution < 1.29 is 14.0 Å². The number of nitrogens with zero attached hydrogens (tertiary/aromatic N) is 4. The fourth-order valence-corrected chi connectivity index (χ4v) is 8.39. The largest absolute Gasteiger partial charge is 0.450 e. The summed E-state index contributed by atoms with van der Waals surface area (Å²) >= 11 is 2.70. The van der Waals surface area contributed by atoms with Crippen LogP contribution in [0.25, 0.3) is 21.7 Å². The summed E-state index contributed by atoms with van der Waals surface area (Å²) < 4.78 is 6.80. The van der Waals surface area contributed by atoms with E-state index in [9.17, 15) is 14.4 Å². The number of aryl methyl sites for hydroxylation is 1. The number of carbonyl (C=O) groups excluding carboxylic acids is 2. The molecular weight excluding hydrogens is 605 g/mol. The Morgan fingerprint density at radius 3 is 2.62 bits per heavy atom. The second kappa shape index (κ2) is 10.3. The summed E-state index contributed by atoms with van der Waals surface area (Å²) in [7, 11) is 0. The maximum absolute atomic E-state index is 14.7. The zero-order valence-corrected chi connectivity index (χ0v) is 25.7. The van der Waals surface area contributed by atoms with E-state index >= 15 is 0 Å². The van der Waals surface area contributed by atoms with E-state index < -0.39 is 22.8 Å². The van der Waals surface area contributed by atoms with E-state index in [-0.39, 0.29) is 28.6 Å². The van der Waals surface area contributed by atoms with Crippen LogP contribution in [0.5, 0.6) is 0 Å². The molecule has 2 amide bonds. The number of anilines is 2. The summed E-state index contributed by atoms with van der Waals surface area (Å²) in [6.45, 7) is 5.91. The predicted octanol–water partition coefficient (Wildman–Crippen LogP) is 6.84. The summed E-state index contributed by atoms with van der Waals surface area (Å²) in [6, 6.07) is 26.8. The van der Waals surface area contributed by atoms with Crippen molar-refractivity contribution in [3.05, 3.63) is 136 Å².